The number of unbranched alkanes of at least 4 members (excludes halogenated alkanes) is 3. The van der Waals surface area contributed by atoms with E-state index in [-0.39, 0.29) is 6.16 Å². The molecule has 0 amide bonds. The van der Waals surface area contributed by atoms with Crippen molar-refractivity contribution in [1.29, 1.82) is 0 Å². The van der Waals surface area contributed by atoms with Gasteiger partial charge < -0.3 is 9.79 Å². The predicted molar refractivity (Wildman–Crippen MR) is 44.2 cm³/mol. The normalized spacial score (nSPS) is 11.0. The van der Waals surface area contributed by atoms with Gasteiger partial charge >= 0.3 is 7.60 Å². The molecule has 0 heterocycles. The lowest BCUT2D eigenvalue weighted by atomic mass is 10.2. The summed E-state index contributed by atoms with van der Waals surface area (Å²) in [6.07, 6.45) is 7.89. The summed E-state index contributed by atoms with van der Waals surface area (Å²) in [4.78, 5) is 16.9. The van der Waals surface area contributed by atoms with Gasteiger partial charge in [0, 0.05) is 12.6 Å². The van der Waals surface area contributed by atoms with Gasteiger partial charge in [-0.15, -0.1) is 12.3 Å². The maximum Gasteiger partial charge on any atom is 0.325 e. The van der Waals surface area contributed by atoms with E-state index in [1.165, 1.54) is 0 Å². The molecule has 0 unspecified atom stereocenters. The number of rotatable bonds is 5. The first-order chi connectivity index (χ1) is 5.06. The Hall–Kier alpha value is -0.290. The molecule has 3 nitrogen and oxygen atoms in total. The van der Waals surface area contributed by atoms with Crippen LogP contribution >= 0.6 is 7.60 Å². The van der Waals surface area contributed by atoms with Crippen LogP contribution in [0, 0.1) is 12.3 Å². The second-order valence-electron chi connectivity index (χ2n) is 2.40. The van der Waals surface area contributed by atoms with Gasteiger partial charge in [-0.05, 0) is 12.8 Å². The van der Waals surface area contributed by atoms with Crippen LogP contribution in [0.2, 0.25) is 0 Å². The molecule has 0 aliphatic rings. The van der Waals surface area contributed by atoms with Crippen molar-refractivity contribution in [3.05, 3.63) is 0 Å². The second kappa shape index (κ2) is 5.37. The third kappa shape index (κ3) is 9.71. The summed E-state index contributed by atoms with van der Waals surface area (Å²) in [6, 6.07) is 0. The quantitative estimate of drug-likeness (QED) is 0.377. The highest BCUT2D eigenvalue weighted by molar-refractivity contribution is 7.51. The van der Waals surface area contributed by atoms with E-state index in [0.29, 0.717) is 12.8 Å². The highest BCUT2D eigenvalue weighted by atomic mass is 31.2. The van der Waals surface area contributed by atoms with E-state index in [2.05, 4.69) is 5.92 Å². The van der Waals surface area contributed by atoms with Gasteiger partial charge in [-0.1, -0.05) is 6.42 Å². The molecule has 0 atom stereocenters. The monoisotopic (exact) mass is 176 g/mol. The van der Waals surface area contributed by atoms with E-state index in [1.54, 1.807) is 0 Å². The summed E-state index contributed by atoms with van der Waals surface area (Å²) in [6.45, 7) is 0. The number of hydrogen-bond acceptors (Lipinski definition) is 1. The van der Waals surface area contributed by atoms with Gasteiger partial charge in [-0.25, -0.2) is 0 Å². The Bertz CT molecular complexity index is 177. The van der Waals surface area contributed by atoms with Gasteiger partial charge in [0.15, 0.2) is 0 Å². The molecule has 0 aromatic heterocycles. The first-order valence-corrected chi connectivity index (χ1v) is 5.34. The molecule has 2 N–H and O–H groups in total. The van der Waals surface area contributed by atoms with Crippen LogP contribution in [0.3, 0.4) is 0 Å². The van der Waals surface area contributed by atoms with Crippen molar-refractivity contribution in [2.24, 2.45) is 0 Å². The first-order valence-electron chi connectivity index (χ1n) is 3.54. The van der Waals surface area contributed by atoms with E-state index in [1.807, 2.05) is 0 Å². The first kappa shape index (κ1) is 10.7. The highest BCUT2D eigenvalue weighted by Gasteiger charge is 2.10. The summed E-state index contributed by atoms with van der Waals surface area (Å²) in [5.74, 6) is 2.47. The maximum absolute atomic E-state index is 10.3. The molecule has 0 radical (unpaired) electrons. The van der Waals surface area contributed by atoms with Crippen molar-refractivity contribution in [3.8, 4) is 12.3 Å². The van der Waals surface area contributed by atoms with Crippen molar-refractivity contribution in [2.45, 2.75) is 25.7 Å². The fourth-order valence-corrected chi connectivity index (χ4v) is 1.36. The molecule has 0 saturated heterocycles. The van der Waals surface area contributed by atoms with Crippen molar-refractivity contribution in [2.75, 3.05) is 6.16 Å². The van der Waals surface area contributed by atoms with Crippen molar-refractivity contribution in [3.63, 3.8) is 0 Å². The van der Waals surface area contributed by atoms with Crippen molar-refractivity contribution < 1.29 is 14.4 Å². The van der Waals surface area contributed by atoms with Crippen LogP contribution in [0.15, 0.2) is 0 Å². The van der Waals surface area contributed by atoms with Crippen LogP contribution in [0.1, 0.15) is 25.7 Å². The van der Waals surface area contributed by atoms with Gasteiger partial charge in [-0.2, -0.15) is 0 Å². The van der Waals surface area contributed by atoms with E-state index >= 15 is 0 Å². The highest BCUT2D eigenvalue weighted by Crippen LogP contribution is 2.35. The van der Waals surface area contributed by atoms with Gasteiger partial charge in [0.05, 0.1) is 0 Å². The van der Waals surface area contributed by atoms with Crippen molar-refractivity contribution >= 4 is 7.60 Å². The Labute approximate surface area is 67.0 Å². The average molecular weight is 176 g/mol. The summed E-state index contributed by atoms with van der Waals surface area (Å²) < 4.78 is 10.3. The van der Waals surface area contributed by atoms with Crippen LogP contribution in [-0.4, -0.2) is 15.9 Å². The zero-order valence-corrected chi connectivity index (χ0v) is 7.26. The van der Waals surface area contributed by atoms with Crippen LogP contribution in [0.25, 0.3) is 0 Å². The SMILES string of the molecule is C#CCCCCCP(=O)(O)O. The minimum absolute atomic E-state index is 0.0163. The molecular weight excluding hydrogens is 163 g/mol. The summed E-state index contributed by atoms with van der Waals surface area (Å²) >= 11 is 0. The van der Waals surface area contributed by atoms with Gasteiger partial charge in [0.25, 0.3) is 0 Å². The molecule has 4 heteroatoms. The molecule has 0 aromatic rings. The molecule has 0 rings (SSSR count). The number of terminal acetylenes is 1. The van der Waals surface area contributed by atoms with E-state index in [0.717, 1.165) is 12.8 Å². The molecule has 0 fully saturated rings. The lowest BCUT2D eigenvalue weighted by Gasteiger charge is -2.01. The minimum Gasteiger partial charge on any atom is -0.324 e. The Kier molecular flexibility index (Phi) is 5.23. The van der Waals surface area contributed by atoms with Gasteiger partial charge in [0.1, 0.15) is 0 Å². The molecule has 0 bridgehead atoms. The number of hydrogen-bond donors (Lipinski definition) is 2. The fraction of sp³-hybridized carbons (Fsp3) is 0.714. The molecule has 0 aliphatic carbocycles. The second-order valence-corrected chi connectivity index (χ2v) is 4.18. The Morgan fingerprint density at radius 1 is 1.27 bits per heavy atom. The Balaban J connectivity index is 3.17. The van der Waals surface area contributed by atoms with E-state index < -0.39 is 7.60 Å². The average Bonchev–Trinajstić information content (AvgIpc) is 1.85. The molecule has 0 aliphatic heterocycles. The topological polar surface area (TPSA) is 57.5 Å². The third-order valence-corrected chi connectivity index (χ3v) is 2.17. The predicted octanol–water partition coefficient (Wildman–Crippen LogP) is 1.36. The Morgan fingerprint density at radius 3 is 2.36 bits per heavy atom. The van der Waals surface area contributed by atoms with Crippen LogP contribution in [0.4, 0.5) is 0 Å². The van der Waals surface area contributed by atoms with Crippen LogP contribution in [-0.2, 0) is 4.57 Å². The molecule has 0 saturated carbocycles. The largest absolute Gasteiger partial charge is 0.325 e. The third-order valence-electron chi connectivity index (χ3n) is 1.27. The molecule has 0 aromatic carbocycles. The molecule has 11 heavy (non-hydrogen) atoms. The summed E-state index contributed by atoms with van der Waals surface area (Å²) in [7, 11) is -3.77. The summed E-state index contributed by atoms with van der Waals surface area (Å²) in [5.41, 5.74) is 0. The lowest BCUT2D eigenvalue weighted by Crippen LogP contribution is -1.87. The maximum atomic E-state index is 10.3. The van der Waals surface area contributed by atoms with Crippen LogP contribution < -0.4 is 0 Å². The zero-order valence-electron chi connectivity index (χ0n) is 6.36. The zero-order chi connectivity index (χ0) is 8.74. The minimum atomic E-state index is -3.77. The van der Waals surface area contributed by atoms with Crippen molar-refractivity contribution in [1.82, 2.24) is 0 Å². The smallest absolute Gasteiger partial charge is 0.324 e. The summed E-state index contributed by atoms with van der Waals surface area (Å²) in [5, 5.41) is 0. The van der Waals surface area contributed by atoms with E-state index in [4.69, 9.17) is 16.2 Å². The Morgan fingerprint density at radius 2 is 1.91 bits per heavy atom. The molecule has 64 valence electrons. The van der Waals surface area contributed by atoms with Gasteiger partial charge in [0.2, 0.25) is 0 Å². The van der Waals surface area contributed by atoms with E-state index in [9.17, 15) is 4.57 Å². The molecular formula is C7H13O3P. The lowest BCUT2D eigenvalue weighted by molar-refractivity contribution is 0.371. The van der Waals surface area contributed by atoms with Crippen LogP contribution in [0.5, 0.6) is 0 Å². The fourth-order valence-electron chi connectivity index (χ4n) is 0.722. The molecule has 0 spiro atoms. The van der Waals surface area contributed by atoms with Gasteiger partial charge in [-0.3, -0.25) is 4.57 Å². The standard InChI is InChI=1S/C7H13O3P/c1-2-3-4-5-6-7-11(8,9)10/h1H,3-7H2,(H2,8,9,10).